The number of carbonyl (C=O) groups excluding carboxylic acids is 1. The SMILES string of the molecule is Cc1ccc2c(c1)S[C@H](C(=O)Nc1ccc(Cl)cc1Cl)C2. The summed E-state index contributed by atoms with van der Waals surface area (Å²) in [7, 11) is 0. The summed E-state index contributed by atoms with van der Waals surface area (Å²) in [6, 6.07) is 11.4. The Labute approximate surface area is 137 Å². The lowest BCUT2D eigenvalue weighted by molar-refractivity contribution is -0.115. The van der Waals surface area contributed by atoms with Crippen LogP contribution in [0.15, 0.2) is 41.3 Å². The van der Waals surface area contributed by atoms with Gasteiger partial charge in [-0.2, -0.15) is 0 Å². The number of amides is 1. The van der Waals surface area contributed by atoms with Crippen molar-refractivity contribution in [3.05, 3.63) is 57.6 Å². The highest BCUT2D eigenvalue weighted by atomic mass is 35.5. The molecule has 1 aliphatic heterocycles. The van der Waals surface area contributed by atoms with Crippen LogP contribution in [0, 0.1) is 6.92 Å². The number of fused-ring (bicyclic) bond motifs is 1. The lowest BCUT2D eigenvalue weighted by atomic mass is 10.1. The van der Waals surface area contributed by atoms with Crippen molar-refractivity contribution < 1.29 is 4.79 Å². The average Bonchev–Trinajstić information content (AvgIpc) is 2.85. The Balaban J connectivity index is 1.73. The smallest absolute Gasteiger partial charge is 0.238 e. The fraction of sp³-hybridized carbons (Fsp3) is 0.188. The van der Waals surface area contributed by atoms with E-state index < -0.39 is 0 Å². The third-order valence-corrected chi connectivity index (χ3v) is 5.23. The predicted octanol–water partition coefficient (Wildman–Crippen LogP) is 4.96. The number of halogens is 2. The van der Waals surface area contributed by atoms with E-state index in [0.29, 0.717) is 15.7 Å². The van der Waals surface area contributed by atoms with Gasteiger partial charge in [0.1, 0.15) is 0 Å². The predicted molar refractivity (Wildman–Crippen MR) is 89.6 cm³/mol. The number of carbonyl (C=O) groups is 1. The summed E-state index contributed by atoms with van der Waals surface area (Å²) < 4.78 is 0. The molecule has 2 nitrogen and oxygen atoms in total. The van der Waals surface area contributed by atoms with Crippen LogP contribution in [-0.2, 0) is 11.2 Å². The van der Waals surface area contributed by atoms with E-state index in [4.69, 9.17) is 23.2 Å². The summed E-state index contributed by atoms with van der Waals surface area (Å²) in [4.78, 5) is 13.6. The molecular formula is C16H13Cl2NOS. The molecule has 108 valence electrons. The summed E-state index contributed by atoms with van der Waals surface area (Å²) in [6.45, 7) is 2.06. The van der Waals surface area contributed by atoms with Gasteiger partial charge in [0.05, 0.1) is 16.0 Å². The lowest BCUT2D eigenvalue weighted by Gasteiger charge is -2.11. The molecule has 1 N–H and O–H groups in total. The molecule has 0 fully saturated rings. The zero-order valence-corrected chi connectivity index (χ0v) is 13.6. The van der Waals surface area contributed by atoms with Gasteiger partial charge in [-0.1, -0.05) is 40.9 Å². The minimum absolute atomic E-state index is 0.0296. The maximum atomic E-state index is 12.4. The maximum absolute atomic E-state index is 12.4. The highest BCUT2D eigenvalue weighted by molar-refractivity contribution is 8.01. The average molecular weight is 338 g/mol. The van der Waals surface area contributed by atoms with Gasteiger partial charge in [0.15, 0.2) is 0 Å². The van der Waals surface area contributed by atoms with E-state index in [1.54, 1.807) is 30.0 Å². The molecule has 1 amide bonds. The second-order valence-electron chi connectivity index (χ2n) is 5.04. The van der Waals surface area contributed by atoms with E-state index in [0.717, 1.165) is 6.42 Å². The van der Waals surface area contributed by atoms with Gasteiger partial charge in [0.2, 0.25) is 5.91 Å². The largest absolute Gasteiger partial charge is 0.324 e. The van der Waals surface area contributed by atoms with Crippen molar-refractivity contribution in [1.82, 2.24) is 0 Å². The number of hydrogen-bond acceptors (Lipinski definition) is 2. The van der Waals surface area contributed by atoms with Crippen LogP contribution in [0.5, 0.6) is 0 Å². The first-order valence-corrected chi connectivity index (χ1v) is 8.18. The van der Waals surface area contributed by atoms with Gasteiger partial charge in [-0.05, 0) is 43.2 Å². The molecular weight excluding hydrogens is 325 g/mol. The van der Waals surface area contributed by atoms with Gasteiger partial charge in [0.25, 0.3) is 0 Å². The summed E-state index contributed by atoms with van der Waals surface area (Å²) in [5.74, 6) is -0.0296. The van der Waals surface area contributed by atoms with Crippen LogP contribution in [0.3, 0.4) is 0 Å². The van der Waals surface area contributed by atoms with Gasteiger partial charge < -0.3 is 5.32 Å². The van der Waals surface area contributed by atoms with Crippen molar-refractivity contribution in [2.75, 3.05) is 5.32 Å². The van der Waals surface area contributed by atoms with Crippen LogP contribution < -0.4 is 5.32 Å². The van der Waals surface area contributed by atoms with Gasteiger partial charge in [0, 0.05) is 9.92 Å². The first-order valence-electron chi connectivity index (χ1n) is 6.55. The van der Waals surface area contributed by atoms with Crippen LogP contribution in [0.1, 0.15) is 11.1 Å². The third-order valence-electron chi connectivity index (χ3n) is 3.38. The molecule has 0 aromatic heterocycles. The van der Waals surface area contributed by atoms with Crippen molar-refractivity contribution in [2.45, 2.75) is 23.5 Å². The van der Waals surface area contributed by atoms with E-state index in [-0.39, 0.29) is 11.2 Å². The van der Waals surface area contributed by atoms with Crippen LogP contribution >= 0.6 is 35.0 Å². The van der Waals surface area contributed by atoms with Crippen LogP contribution in [0.4, 0.5) is 5.69 Å². The standard InChI is InChI=1S/C16H13Cl2NOS/c1-9-2-3-10-7-15(21-14(10)6-9)16(20)19-13-5-4-11(17)8-12(13)18/h2-6,8,15H,7H2,1H3,(H,19,20)/t15-/m0/s1. The summed E-state index contributed by atoms with van der Waals surface area (Å²) in [6.07, 6.45) is 0.747. The van der Waals surface area contributed by atoms with Gasteiger partial charge >= 0.3 is 0 Å². The molecule has 0 unspecified atom stereocenters. The molecule has 0 radical (unpaired) electrons. The van der Waals surface area contributed by atoms with Crippen molar-refractivity contribution in [3.8, 4) is 0 Å². The summed E-state index contributed by atoms with van der Waals surface area (Å²) in [5, 5.41) is 3.76. The quantitative estimate of drug-likeness (QED) is 0.839. The van der Waals surface area contributed by atoms with Crippen molar-refractivity contribution >= 4 is 46.6 Å². The second kappa shape index (κ2) is 5.91. The van der Waals surface area contributed by atoms with E-state index in [1.165, 1.54) is 16.0 Å². The third kappa shape index (κ3) is 3.20. The zero-order valence-electron chi connectivity index (χ0n) is 11.3. The fourth-order valence-electron chi connectivity index (χ4n) is 2.29. The Kier molecular flexibility index (Phi) is 4.16. The lowest BCUT2D eigenvalue weighted by Crippen LogP contribution is -2.24. The number of aryl methyl sites for hydroxylation is 1. The monoisotopic (exact) mass is 337 g/mol. The summed E-state index contributed by atoms with van der Waals surface area (Å²) in [5.41, 5.74) is 3.04. The van der Waals surface area contributed by atoms with E-state index in [2.05, 4.69) is 30.4 Å². The second-order valence-corrected chi connectivity index (χ2v) is 7.12. The Bertz CT molecular complexity index is 717. The van der Waals surface area contributed by atoms with E-state index in [9.17, 15) is 4.79 Å². The number of benzene rings is 2. The molecule has 3 rings (SSSR count). The topological polar surface area (TPSA) is 29.1 Å². The molecule has 1 atom stereocenters. The maximum Gasteiger partial charge on any atom is 0.238 e. The van der Waals surface area contributed by atoms with Crippen LogP contribution in [0.25, 0.3) is 0 Å². The van der Waals surface area contributed by atoms with Crippen LogP contribution in [-0.4, -0.2) is 11.2 Å². The van der Waals surface area contributed by atoms with Crippen molar-refractivity contribution in [2.24, 2.45) is 0 Å². The number of anilines is 1. The molecule has 0 aliphatic carbocycles. The Morgan fingerprint density at radius 3 is 2.81 bits per heavy atom. The molecule has 21 heavy (non-hydrogen) atoms. The Hall–Kier alpha value is -1.16. The first-order chi connectivity index (χ1) is 10.0. The summed E-state index contributed by atoms with van der Waals surface area (Å²) >= 11 is 13.5. The molecule has 1 aliphatic rings. The number of nitrogens with one attached hydrogen (secondary N) is 1. The molecule has 2 aromatic rings. The number of hydrogen-bond donors (Lipinski definition) is 1. The Morgan fingerprint density at radius 1 is 1.24 bits per heavy atom. The molecule has 0 bridgehead atoms. The van der Waals surface area contributed by atoms with E-state index >= 15 is 0 Å². The normalized spacial score (nSPS) is 16.6. The molecule has 1 heterocycles. The zero-order chi connectivity index (χ0) is 15.0. The first kappa shape index (κ1) is 14.8. The van der Waals surface area contributed by atoms with Crippen molar-refractivity contribution in [3.63, 3.8) is 0 Å². The minimum atomic E-state index is -0.117. The Morgan fingerprint density at radius 2 is 2.05 bits per heavy atom. The van der Waals surface area contributed by atoms with Gasteiger partial charge in [-0.25, -0.2) is 0 Å². The minimum Gasteiger partial charge on any atom is -0.324 e. The van der Waals surface area contributed by atoms with Gasteiger partial charge in [-0.3, -0.25) is 4.79 Å². The van der Waals surface area contributed by atoms with E-state index in [1.807, 2.05) is 0 Å². The highest BCUT2D eigenvalue weighted by Crippen LogP contribution is 2.38. The number of rotatable bonds is 2. The molecule has 0 spiro atoms. The fourth-order valence-corrected chi connectivity index (χ4v) is 4.03. The molecule has 0 saturated heterocycles. The van der Waals surface area contributed by atoms with Crippen molar-refractivity contribution in [1.29, 1.82) is 0 Å². The van der Waals surface area contributed by atoms with Crippen LogP contribution in [0.2, 0.25) is 10.0 Å². The highest BCUT2D eigenvalue weighted by Gasteiger charge is 2.28. The molecule has 0 saturated carbocycles. The molecule has 2 aromatic carbocycles. The van der Waals surface area contributed by atoms with Gasteiger partial charge in [-0.15, -0.1) is 11.8 Å². The number of thioether (sulfide) groups is 1. The molecule has 5 heteroatoms.